The lowest BCUT2D eigenvalue weighted by Gasteiger charge is -2.25. The van der Waals surface area contributed by atoms with Crippen LogP contribution in [0, 0.1) is 5.82 Å². The fraction of sp³-hybridized carbons (Fsp3) is 0.300. The minimum atomic E-state index is -0.291. The van der Waals surface area contributed by atoms with Crippen LogP contribution in [0.3, 0.4) is 0 Å². The standard InChI is InChI=1S/C20H23FN4O2/c1-4-27-20-23-16-9-8-14(11-17(16)24-20)19(26)22-12-18(25(2)3)13-6-5-7-15(21)10-13/h5-11,18H,4,12H2,1-3H3,(H,22,26)(H,23,24)/t18-/m1/s1. The molecular weight excluding hydrogens is 347 g/mol. The molecule has 6 nitrogen and oxygen atoms in total. The van der Waals surface area contributed by atoms with Crippen molar-refractivity contribution in [1.29, 1.82) is 0 Å². The first-order chi connectivity index (χ1) is 13.0. The number of carbonyl (C=O) groups is 1. The average Bonchev–Trinajstić information content (AvgIpc) is 3.03. The van der Waals surface area contributed by atoms with Gasteiger partial charge >= 0.3 is 0 Å². The zero-order valence-corrected chi connectivity index (χ0v) is 15.6. The Morgan fingerprint density at radius 2 is 2.11 bits per heavy atom. The first-order valence-electron chi connectivity index (χ1n) is 8.80. The van der Waals surface area contributed by atoms with Gasteiger partial charge in [0, 0.05) is 12.1 Å². The Kier molecular flexibility index (Phi) is 5.71. The number of hydrogen-bond donors (Lipinski definition) is 2. The van der Waals surface area contributed by atoms with E-state index in [1.807, 2.05) is 32.0 Å². The van der Waals surface area contributed by atoms with Gasteiger partial charge in [-0.05, 0) is 56.9 Å². The molecule has 7 heteroatoms. The van der Waals surface area contributed by atoms with Crippen molar-refractivity contribution in [1.82, 2.24) is 20.2 Å². The van der Waals surface area contributed by atoms with E-state index in [0.717, 1.165) is 16.6 Å². The van der Waals surface area contributed by atoms with Gasteiger partial charge in [-0.25, -0.2) is 4.39 Å². The Bertz CT molecular complexity index is 939. The van der Waals surface area contributed by atoms with E-state index >= 15 is 0 Å². The SMILES string of the molecule is CCOc1nc2ccc(C(=O)NC[C@H](c3cccc(F)c3)N(C)C)cc2[nH]1. The highest BCUT2D eigenvalue weighted by Crippen LogP contribution is 2.20. The van der Waals surface area contributed by atoms with E-state index in [1.54, 1.807) is 24.3 Å². The van der Waals surface area contributed by atoms with E-state index in [4.69, 9.17) is 4.74 Å². The number of hydrogen-bond acceptors (Lipinski definition) is 4. The fourth-order valence-electron chi connectivity index (χ4n) is 2.94. The van der Waals surface area contributed by atoms with Crippen molar-refractivity contribution in [2.24, 2.45) is 0 Å². The highest BCUT2D eigenvalue weighted by atomic mass is 19.1. The largest absolute Gasteiger partial charge is 0.465 e. The topological polar surface area (TPSA) is 70.2 Å². The van der Waals surface area contributed by atoms with E-state index in [2.05, 4.69) is 15.3 Å². The number of ether oxygens (including phenoxy) is 1. The number of aromatic amines is 1. The van der Waals surface area contributed by atoms with Crippen LogP contribution in [0.15, 0.2) is 42.5 Å². The molecule has 2 aromatic carbocycles. The zero-order valence-electron chi connectivity index (χ0n) is 15.6. The number of nitrogens with one attached hydrogen (secondary N) is 2. The van der Waals surface area contributed by atoms with Gasteiger partial charge in [0.25, 0.3) is 11.9 Å². The molecule has 0 unspecified atom stereocenters. The highest BCUT2D eigenvalue weighted by molar-refractivity contribution is 5.97. The molecule has 3 rings (SSSR count). The van der Waals surface area contributed by atoms with E-state index in [0.29, 0.717) is 24.7 Å². The first-order valence-corrected chi connectivity index (χ1v) is 8.80. The molecule has 1 atom stereocenters. The van der Waals surface area contributed by atoms with Crippen LogP contribution in [0.2, 0.25) is 0 Å². The Morgan fingerprint density at radius 1 is 1.30 bits per heavy atom. The summed E-state index contributed by atoms with van der Waals surface area (Å²) in [7, 11) is 3.79. The maximum Gasteiger partial charge on any atom is 0.294 e. The van der Waals surface area contributed by atoms with Crippen molar-refractivity contribution in [3.63, 3.8) is 0 Å². The molecular formula is C20H23FN4O2. The van der Waals surface area contributed by atoms with Gasteiger partial charge < -0.3 is 19.9 Å². The summed E-state index contributed by atoms with van der Waals surface area (Å²) in [6.07, 6.45) is 0. The summed E-state index contributed by atoms with van der Waals surface area (Å²) in [5.41, 5.74) is 2.80. The third-order valence-electron chi connectivity index (χ3n) is 4.32. The monoisotopic (exact) mass is 370 g/mol. The lowest BCUT2D eigenvalue weighted by molar-refractivity contribution is 0.0942. The Morgan fingerprint density at radius 3 is 2.81 bits per heavy atom. The van der Waals surface area contributed by atoms with Gasteiger partial charge in [-0.2, -0.15) is 4.98 Å². The number of amides is 1. The molecule has 0 aliphatic rings. The quantitative estimate of drug-likeness (QED) is 0.670. The molecule has 0 spiro atoms. The third-order valence-corrected chi connectivity index (χ3v) is 4.32. The van der Waals surface area contributed by atoms with E-state index in [-0.39, 0.29) is 17.8 Å². The Labute approximate surface area is 157 Å². The van der Waals surface area contributed by atoms with Gasteiger partial charge in [0.05, 0.1) is 23.7 Å². The van der Waals surface area contributed by atoms with Crippen LogP contribution >= 0.6 is 0 Å². The second-order valence-electron chi connectivity index (χ2n) is 6.45. The number of carbonyl (C=O) groups excluding carboxylic acids is 1. The minimum absolute atomic E-state index is 0.134. The summed E-state index contributed by atoms with van der Waals surface area (Å²) in [6.45, 7) is 2.76. The summed E-state index contributed by atoms with van der Waals surface area (Å²) in [4.78, 5) is 21.9. The predicted molar refractivity (Wildman–Crippen MR) is 102 cm³/mol. The molecule has 0 aliphatic heterocycles. The molecule has 2 N–H and O–H groups in total. The number of nitrogens with zero attached hydrogens (tertiary/aromatic N) is 2. The number of aromatic nitrogens is 2. The van der Waals surface area contributed by atoms with Gasteiger partial charge in [-0.1, -0.05) is 12.1 Å². The maximum absolute atomic E-state index is 13.5. The van der Waals surface area contributed by atoms with Crippen LogP contribution in [0.4, 0.5) is 4.39 Å². The number of imidazole rings is 1. The molecule has 0 saturated carbocycles. The molecule has 1 amide bonds. The van der Waals surface area contributed by atoms with Crippen LogP contribution < -0.4 is 10.1 Å². The van der Waals surface area contributed by atoms with Crippen LogP contribution in [-0.4, -0.2) is 48.0 Å². The molecule has 1 aromatic heterocycles. The molecule has 0 radical (unpaired) electrons. The first kappa shape index (κ1) is 18.8. The Balaban J connectivity index is 1.72. The molecule has 0 saturated heterocycles. The number of fused-ring (bicyclic) bond motifs is 1. The summed E-state index contributed by atoms with van der Waals surface area (Å²) >= 11 is 0. The number of benzene rings is 2. The van der Waals surface area contributed by atoms with Crippen molar-refractivity contribution < 1.29 is 13.9 Å². The van der Waals surface area contributed by atoms with Crippen LogP contribution in [-0.2, 0) is 0 Å². The molecule has 0 bridgehead atoms. The fourth-order valence-corrected chi connectivity index (χ4v) is 2.94. The summed E-state index contributed by atoms with van der Waals surface area (Å²) in [5.74, 6) is -0.492. The molecule has 27 heavy (non-hydrogen) atoms. The summed E-state index contributed by atoms with van der Waals surface area (Å²) < 4.78 is 18.9. The zero-order chi connectivity index (χ0) is 19.4. The molecule has 1 heterocycles. The van der Waals surface area contributed by atoms with E-state index in [9.17, 15) is 9.18 Å². The van der Waals surface area contributed by atoms with Crippen LogP contribution in [0.25, 0.3) is 11.0 Å². The van der Waals surface area contributed by atoms with Crippen LogP contribution in [0.5, 0.6) is 6.01 Å². The van der Waals surface area contributed by atoms with Gasteiger partial charge in [0.2, 0.25) is 0 Å². The highest BCUT2D eigenvalue weighted by Gasteiger charge is 2.17. The molecule has 0 fully saturated rings. The van der Waals surface area contributed by atoms with E-state index in [1.165, 1.54) is 12.1 Å². The van der Waals surface area contributed by atoms with Crippen molar-refractivity contribution in [3.05, 3.63) is 59.4 Å². The lowest BCUT2D eigenvalue weighted by Crippen LogP contribution is -2.34. The minimum Gasteiger partial charge on any atom is -0.465 e. The maximum atomic E-state index is 13.5. The van der Waals surface area contributed by atoms with Crippen molar-refractivity contribution in [2.45, 2.75) is 13.0 Å². The van der Waals surface area contributed by atoms with Crippen LogP contribution in [0.1, 0.15) is 28.9 Å². The number of halogens is 1. The number of likely N-dealkylation sites (N-methyl/N-ethyl adjacent to an activating group) is 1. The molecule has 142 valence electrons. The molecule has 0 aliphatic carbocycles. The average molecular weight is 370 g/mol. The van der Waals surface area contributed by atoms with Crippen molar-refractivity contribution in [3.8, 4) is 6.01 Å². The molecule has 3 aromatic rings. The number of rotatable bonds is 7. The number of H-pyrrole nitrogens is 1. The van der Waals surface area contributed by atoms with Crippen molar-refractivity contribution in [2.75, 3.05) is 27.2 Å². The summed E-state index contributed by atoms with van der Waals surface area (Å²) in [5, 5.41) is 2.93. The van der Waals surface area contributed by atoms with Gasteiger partial charge in [-0.15, -0.1) is 0 Å². The lowest BCUT2D eigenvalue weighted by atomic mass is 10.1. The third kappa shape index (κ3) is 4.43. The van der Waals surface area contributed by atoms with Gasteiger partial charge in [0.15, 0.2) is 0 Å². The van der Waals surface area contributed by atoms with E-state index < -0.39 is 0 Å². The normalized spacial score (nSPS) is 12.3. The smallest absolute Gasteiger partial charge is 0.294 e. The van der Waals surface area contributed by atoms with Gasteiger partial charge in [0.1, 0.15) is 5.82 Å². The second-order valence-corrected chi connectivity index (χ2v) is 6.45. The van der Waals surface area contributed by atoms with Crippen molar-refractivity contribution >= 4 is 16.9 Å². The predicted octanol–water partition coefficient (Wildman–Crippen LogP) is 3.13. The summed E-state index contributed by atoms with van der Waals surface area (Å²) in [6, 6.07) is 12.0. The second kappa shape index (κ2) is 8.18. The Hall–Kier alpha value is -2.93. The van der Waals surface area contributed by atoms with Gasteiger partial charge in [-0.3, -0.25) is 4.79 Å².